The number of likely N-dealkylation sites (N-methyl/N-ethyl adjacent to an activating group) is 1. The summed E-state index contributed by atoms with van der Waals surface area (Å²) in [6.07, 6.45) is 0. The summed E-state index contributed by atoms with van der Waals surface area (Å²) in [5.74, 6) is 0.978. The van der Waals surface area contributed by atoms with Crippen molar-refractivity contribution in [2.45, 2.75) is 24.4 Å². The largest absolute Gasteiger partial charge is 0.496 e. The summed E-state index contributed by atoms with van der Waals surface area (Å²) in [7, 11) is 3.51. The summed E-state index contributed by atoms with van der Waals surface area (Å²) >= 11 is 1.54. The average Bonchev–Trinajstić information content (AvgIpc) is 3.19. The second kappa shape index (κ2) is 7.48. The number of amides is 2. The number of rotatable bonds is 4. The van der Waals surface area contributed by atoms with E-state index in [-0.39, 0.29) is 23.2 Å². The van der Waals surface area contributed by atoms with E-state index in [2.05, 4.69) is 0 Å². The number of para-hydroxylation sites is 2. The molecule has 0 aromatic heterocycles. The first-order valence-corrected chi connectivity index (χ1v) is 10.3. The molecule has 2 aliphatic heterocycles. The average molecular weight is 398 g/mol. The van der Waals surface area contributed by atoms with E-state index < -0.39 is 6.04 Å². The lowest BCUT2D eigenvalue weighted by Crippen LogP contribution is -2.47. The van der Waals surface area contributed by atoms with Crippen molar-refractivity contribution < 1.29 is 14.3 Å². The van der Waals surface area contributed by atoms with Crippen LogP contribution >= 0.6 is 11.8 Å². The monoisotopic (exact) mass is 397 g/mol. The SMILES string of the molecule is COc1ccccc1C1SCC(=O)N1C1C(=O)N(c2ccccc2)N(C)C1C. The lowest BCUT2D eigenvalue weighted by Gasteiger charge is -2.31. The zero-order valence-electron chi connectivity index (χ0n) is 16.1. The maximum Gasteiger partial charge on any atom is 0.266 e. The lowest BCUT2D eigenvalue weighted by molar-refractivity contribution is -0.136. The number of methoxy groups -OCH3 is 1. The molecule has 0 bridgehead atoms. The highest BCUT2D eigenvalue weighted by Crippen LogP contribution is 2.45. The van der Waals surface area contributed by atoms with Crippen molar-refractivity contribution in [2.24, 2.45) is 0 Å². The van der Waals surface area contributed by atoms with Crippen LogP contribution in [0.15, 0.2) is 54.6 Å². The highest BCUT2D eigenvalue weighted by Gasteiger charge is 2.52. The van der Waals surface area contributed by atoms with Crippen molar-refractivity contribution in [3.63, 3.8) is 0 Å². The van der Waals surface area contributed by atoms with Gasteiger partial charge in [-0.25, -0.2) is 10.0 Å². The van der Waals surface area contributed by atoms with Crippen LogP contribution < -0.4 is 9.75 Å². The first-order chi connectivity index (χ1) is 13.5. The predicted octanol–water partition coefficient (Wildman–Crippen LogP) is 2.92. The molecule has 0 N–H and O–H groups in total. The fraction of sp³-hybridized carbons (Fsp3) is 0.333. The first kappa shape index (κ1) is 18.8. The van der Waals surface area contributed by atoms with Gasteiger partial charge in [-0.15, -0.1) is 11.8 Å². The molecule has 3 unspecified atom stereocenters. The van der Waals surface area contributed by atoms with E-state index in [4.69, 9.17) is 4.74 Å². The van der Waals surface area contributed by atoms with Crippen molar-refractivity contribution >= 4 is 29.3 Å². The van der Waals surface area contributed by atoms with Gasteiger partial charge in [-0.3, -0.25) is 9.59 Å². The molecule has 0 aliphatic carbocycles. The Morgan fingerprint density at radius 2 is 1.71 bits per heavy atom. The van der Waals surface area contributed by atoms with Crippen LogP contribution in [0.1, 0.15) is 17.9 Å². The van der Waals surface area contributed by atoms with Crippen molar-refractivity contribution in [2.75, 3.05) is 24.9 Å². The number of hydrazine groups is 1. The van der Waals surface area contributed by atoms with Crippen LogP contribution in [0, 0.1) is 0 Å². The fourth-order valence-electron chi connectivity index (χ4n) is 3.95. The standard InChI is InChI=1S/C21H23N3O3S/c1-14-19(20(26)24(22(14)2)15-9-5-4-6-10-15)23-18(25)13-28-21(23)16-11-7-8-12-17(16)27-3/h4-12,14,19,21H,13H2,1-3H3. The molecule has 2 heterocycles. The van der Waals surface area contributed by atoms with Crippen molar-refractivity contribution in [3.8, 4) is 5.75 Å². The third-order valence-electron chi connectivity index (χ3n) is 5.43. The van der Waals surface area contributed by atoms with Crippen LogP contribution in [0.5, 0.6) is 5.75 Å². The van der Waals surface area contributed by atoms with E-state index >= 15 is 0 Å². The van der Waals surface area contributed by atoms with Crippen molar-refractivity contribution in [1.29, 1.82) is 0 Å². The minimum absolute atomic E-state index is 0.0191. The van der Waals surface area contributed by atoms with E-state index in [1.54, 1.807) is 17.0 Å². The molecule has 2 saturated heterocycles. The Labute approximate surface area is 169 Å². The molecule has 146 valence electrons. The van der Waals surface area contributed by atoms with Gasteiger partial charge >= 0.3 is 0 Å². The molecule has 6 nitrogen and oxygen atoms in total. The van der Waals surface area contributed by atoms with Gasteiger partial charge < -0.3 is 9.64 Å². The minimum Gasteiger partial charge on any atom is -0.496 e. The maximum absolute atomic E-state index is 13.4. The molecule has 28 heavy (non-hydrogen) atoms. The minimum atomic E-state index is -0.553. The zero-order chi connectivity index (χ0) is 19.8. The Bertz CT molecular complexity index is 891. The molecule has 0 radical (unpaired) electrons. The Hall–Kier alpha value is -2.51. The Balaban J connectivity index is 1.72. The molecule has 7 heteroatoms. The molecule has 2 aliphatic rings. The quantitative estimate of drug-likeness (QED) is 0.794. The molecule has 2 fully saturated rings. The van der Waals surface area contributed by atoms with Gasteiger partial charge in [0, 0.05) is 12.6 Å². The summed E-state index contributed by atoms with van der Waals surface area (Å²) in [5.41, 5.74) is 1.72. The van der Waals surface area contributed by atoms with Gasteiger partial charge in [0.05, 0.1) is 24.6 Å². The topological polar surface area (TPSA) is 53.1 Å². The van der Waals surface area contributed by atoms with Gasteiger partial charge in [-0.05, 0) is 25.1 Å². The lowest BCUT2D eigenvalue weighted by atomic mass is 10.1. The molecule has 2 amide bonds. The van der Waals surface area contributed by atoms with Gasteiger partial charge in [-0.1, -0.05) is 36.4 Å². The third-order valence-corrected chi connectivity index (χ3v) is 6.64. The molecule has 2 aromatic carbocycles. The number of hydrogen-bond acceptors (Lipinski definition) is 5. The second-order valence-corrected chi connectivity index (χ2v) is 8.02. The third kappa shape index (κ3) is 2.95. The van der Waals surface area contributed by atoms with Crippen LogP contribution in [0.4, 0.5) is 5.69 Å². The van der Waals surface area contributed by atoms with Crippen LogP contribution in [-0.2, 0) is 9.59 Å². The highest BCUT2D eigenvalue weighted by atomic mass is 32.2. The molecular formula is C21H23N3O3S. The van der Waals surface area contributed by atoms with Gasteiger partial charge in [0.2, 0.25) is 5.91 Å². The number of carbonyl (C=O) groups excluding carboxylic acids is 2. The van der Waals surface area contributed by atoms with E-state index in [1.165, 1.54) is 11.8 Å². The Morgan fingerprint density at radius 1 is 1.04 bits per heavy atom. The number of hydrogen-bond donors (Lipinski definition) is 0. The Kier molecular flexibility index (Phi) is 5.03. The zero-order valence-corrected chi connectivity index (χ0v) is 16.9. The van der Waals surface area contributed by atoms with E-state index in [1.807, 2.05) is 73.6 Å². The molecule has 3 atom stereocenters. The van der Waals surface area contributed by atoms with Crippen LogP contribution in [0.3, 0.4) is 0 Å². The molecular weight excluding hydrogens is 374 g/mol. The predicted molar refractivity (Wildman–Crippen MR) is 110 cm³/mol. The normalized spacial score (nSPS) is 25.6. The van der Waals surface area contributed by atoms with Crippen LogP contribution in [0.2, 0.25) is 0 Å². The van der Waals surface area contributed by atoms with Gasteiger partial charge in [-0.2, -0.15) is 0 Å². The number of anilines is 1. The summed E-state index contributed by atoms with van der Waals surface area (Å²) < 4.78 is 5.51. The summed E-state index contributed by atoms with van der Waals surface area (Å²) in [6.45, 7) is 1.99. The summed E-state index contributed by atoms with van der Waals surface area (Å²) in [4.78, 5) is 28.0. The van der Waals surface area contributed by atoms with Crippen LogP contribution in [-0.4, -0.2) is 53.7 Å². The van der Waals surface area contributed by atoms with Gasteiger partial charge in [0.1, 0.15) is 17.2 Å². The Morgan fingerprint density at radius 3 is 2.43 bits per heavy atom. The summed E-state index contributed by atoms with van der Waals surface area (Å²) in [5, 5.41) is 3.34. The number of thioether (sulfide) groups is 1. The number of ether oxygens (including phenoxy) is 1. The van der Waals surface area contributed by atoms with Gasteiger partial charge in [0.25, 0.3) is 5.91 Å². The number of carbonyl (C=O) groups is 2. The van der Waals surface area contributed by atoms with Crippen molar-refractivity contribution in [3.05, 3.63) is 60.2 Å². The van der Waals surface area contributed by atoms with E-state index in [0.29, 0.717) is 5.75 Å². The van der Waals surface area contributed by atoms with Crippen LogP contribution in [0.25, 0.3) is 0 Å². The number of benzene rings is 2. The van der Waals surface area contributed by atoms with Gasteiger partial charge in [0.15, 0.2) is 0 Å². The van der Waals surface area contributed by atoms with Crippen molar-refractivity contribution in [1.82, 2.24) is 9.91 Å². The fourth-order valence-corrected chi connectivity index (χ4v) is 5.18. The maximum atomic E-state index is 13.4. The molecule has 4 rings (SSSR count). The second-order valence-electron chi connectivity index (χ2n) is 6.95. The molecule has 0 spiro atoms. The smallest absolute Gasteiger partial charge is 0.266 e. The number of nitrogens with zero attached hydrogens (tertiary/aromatic N) is 3. The first-order valence-electron chi connectivity index (χ1n) is 9.22. The molecule has 2 aromatic rings. The summed E-state index contributed by atoms with van der Waals surface area (Å²) in [6, 6.07) is 16.5. The highest BCUT2D eigenvalue weighted by molar-refractivity contribution is 8.00. The van der Waals surface area contributed by atoms with E-state index in [0.717, 1.165) is 17.0 Å². The molecule has 0 saturated carbocycles. The van der Waals surface area contributed by atoms with E-state index in [9.17, 15) is 9.59 Å².